The van der Waals surface area contributed by atoms with Crippen LogP contribution in [0.25, 0.3) is 0 Å². The van der Waals surface area contributed by atoms with Gasteiger partial charge in [-0.2, -0.15) is 13.2 Å². The van der Waals surface area contributed by atoms with Crippen LogP contribution in [0.1, 0.15) is 0 Å². The van der Waals surface area contributed by atoms with Gasteiger partial charge in [-0.1, -0.05) is 15.9 Å². The molecule has 1 aliphatic rings. The molecule has 0 radical (unpaired) electrons. The predicted molar refractivity (Wildman–Crippen MR) is 54.5 cm³/mol. The second kappa shape index (κ2) is 3.99. The highest BCUT2D eigenvalue weighted by atomic mass is 79.9. The Bertz CT molecular complexity index is 437. The Morgan fingerprint density at radius 1 is 1.35 bits per heavy atom. The maximum Gasteiger partial charge on any atom is 0.430 e. The standard InChI is InChI=1S/C10H6BrF3O3/c11-6-1-3-7(4-2-6)17-8(15)9(5-16-9)10(12,13)14/h1-4H,5H2. The topological polar surface area (TPSA) is 38.8 Å². The molecular weight excluding hydrogens is 305 g/mol. The Morgan fingerprint density at radius 2 is 1.88 bits per heavy atom. The van der Waals surface area contributed by atoms with Crippen LogP contribution in [-0.2, 0) is 9.53 Å². The lowest BCUT2D eigenvalue weighted by atomic mass is 10.1. The zero-order valence-electron chi connectivity index (χ0n) is 8.25. The number of ether oxygens (including phenoxy) is 2. The van der Waals surface area contributed by atoms with E-state index in [0.717, 1.165) is 4.47 Å². The van der Waals surface area contributed by atoms with Crippen molar-refractivity contribution in [1.29, 1.82) is 0 Å². The van der Waals surface area contributed by atoms with Gasteiger partial charge in [0.25, 0.3) is 5.60 Å². The van der Waals surface area contributed by atoms with Crippen LogP contribution in [0.4, 0.5) is 13.2 Å². The summed E-state index contributed by atoms with van der Waals surface area (Å²) in [5.41, 5.74) is -2.78. The van der Waals surface area contributed by atoms with Crippen LogP contribution in [-0.4, -0.2) is 24.4 Å². The highest BCUT2D eigenvalue weighted by Gasteiger charge is 2.73. The first-order valence-electron chi connectivity index (χ1n) is 4.54. The molecule has 1 fully saturated rings. The van der Waals surface area contributed by atoms with Crippen molar-refractivity contribution in [3.63, 3.8) is 0 Å². The van der Waals surface area contributed by atoms with Gasteiger partial charge in [0, 0.05) is 4.47 Å². The minimum Gasteiger partial charge on any atom is -0.424 e. The van der Waals surface area contributed by atoms with Crippen LogP contribution in [0.15, 0.2) is 28.7 Å². The molecule has 0 saturated carbocycles. The van der Waals surface area contributed by atoms with E-state index in [2.05, 4.69) is 25.4 Å². The molecule has 0 N–H and O–H groups in total. The van der Waals surface area contributed by atoms with Crippen LogP contribution in [0.2, 0.25) is 0 Å². The van der Waals surface area contributed by atoms with Gasteiger partial charge >= 0.3 is 12.1 Å². The molecule has 0 bridgehead atoms. The average Bonchev–Trinajstić information content (AvgIpc) is 3.01. The van der Waals surface area contributed by atoms with E-state index in [9.17, 15) is 18.0 Å². The Labute approximate surface area is 103 Å². The molecule has 2 rings (SSSR count). The predicted octanol–water partition coefficient (Wildman–Crippen LogP) is 2.69. The largest absolute Gasteiger partial charge is 0.430 e. The molecule has 0 amide bonds. The van der Waals surface area contributed by atoms with E-state index in [0.29, 0.717) is 0 Å². The lowest BCUT2D eigenvalue weighted by molar-refractivity contribution is -0.198. The fraction of sp³-hybridized carbons (Fsp3) is 0.300. The molecule has 17 heavy (non-hydrogen) atoms. The van der Waals surface area contributed by atoms with Gasteiger partial charge in [0.15, 0.2) is 0 Å². The summed E-state index contributed by atoms with van der Waals surface area (Å²) in [5.74, 6) is -1.40. The first-order valence-corrected chi connectivity index (χ1v) is 5.33. The minimum atomic E-state index is -4.75. The summed E-state index contributed by atoms with van der Waals surface area (Å²) in [7, 11) is 0. The number of carbonyl (C=O) groups is 1. The summed E-state index contributed by atoms with van der Waals surface area (Å²) in [5, 5.41) is 0. The first-order chi connectivity index (χ1) is 7.85. The van der Waals surface area contributed by atoms with Crippen LogP contribution < -0.4 is 4.74 Å². The Morgan fingerprint density at radius 3 is 2.29 bits per heavy atom. The number of benzene rings is 1. The van der Waals surface area contributed by atoms with Gasteiger partial charge in [0.2, 0.25) is 0 Å². The monoisotopic (exact) mass is 310 g/mol. The van der Waals surface area contributed by atoms with E-state index < -0.39 is 24.4 Å². The second-order valence-electron chi connectivity index (χ2n) is 3.46. The van der Waals surface area contributed by atoms with Crippen molar-refractivity contribution in [1.82, 2.24) is 0 Å². The van der Waals surface area contributed by atoms with Crippen LogP contribution >= 0.6 is 15.9 Å². The summed E-state index contributed by atoms with van der Waals surface area (Å²) in [6, 6.07) is 5.87. The number of rotatable bonds is 2. The third kappa shape index (κ3) is 2.30. The highest BCUT2D eigenvalue weighted by molar-refractivity contribution is 9.10. The van der Waals surface area contributed by atoms with E-state index in [1.165, 1.54) is 12.1 Å². The van der Waals surface area contributed by atoms with Crippen LogP contribution in [0.5, 0.6) is 5.75 Å². The van der Waals surface area contributed by atoms with Crippen molar-refractivity contribution in [3.05, 3.63) is 28.7 Å². The maximum atomic E-state index is 12.5. The van der Waals surface area contributed by atoms with Gasteiger partial charge in [-0.15, -0.1) is 0 Å². The Hall–Kier alpha value is -1.08. The molecule has 1 heterocycles. The summed E-state index contributed by atoms with van der Waals surface area (Å²) in [4.78, 5) is 11.3. The van der Waals surface area contributed by atoms with E-state index in [1.807, 2.05) is 0 Å². The maximum absolute atomic E-state index is 12.5. The average molecular weight is 311 g/mol. The number of hydrogen-bond donors (Lipinski definition) is 0. The van der Waals surface area contributed by atoms with E-state index >= 15 is 0 Å². The van der Waals surface area contributed by atoms with Gasteiger partial charge < -0.3 is 9.47 Å². The van der Waals surface area contributed by atoms with Crippen molar-refractivity contribution >= 4 is 21.9 Å². The normalized spacial score (nSPS) is 23.3. The van der Waals surface area contributed by atoms with E-state index in [4.69, 9.17) is 0 Å². The zero-order valence-corrected chi connectivity index (χ0v) is 9.84. The third-order valence-corrected chi connectivity index (χ3v) is 2.77. The van der Waals surface area contributed by atoms with Gasteiger partial charge in [-0.25, -0.2) is 4.79 Å². The van der Waals surface area contributed by atoms with Gasteiger partial charge in [0.05, 0.1) is 6.61 Å². The lowest BCUT2D eigenvalue weighted by Crippen LogP contribution is -2.43. The molecule has 1 atom stereocenters. The number of hydrogen-bond acceptors (Lipinski definition) is 3. The van der Waals surface area contributed by atoms with Crippen molar-refractivity contribution in [3.8, 4) is 5.75 Å². The first kappa shape index (κ1) is 12.4. The molecule has 7 heteroatoms. The molecule has 1 aromatic rings. The lowest BCUT2D eigenvalue weighted by Gasteiger charge is -2.14. The van der Waals surface area contributed by atoms with Crippen LogP contribution in [0, 0.1) is 0 Å². The number of alkyl halides is 3. The van der Waals surface area contributed by atoms with Crippen molar-refractivity contribution in [2.45, 2.75) is 11.8 Å². The SMILES string of the molecule is O=C(Oc1ccc(Br)cc1)C1(C(F)(F)F)CO1. The van der Waals surface area contributed by atoms with E-state index in [1.54, 1.807) is 12.1 Å². The molecule has 1 aromatic carbocycles. The van der Waals surface area contributed by atoms with Crippen molar-refractivity contribution in [2.75, 3.05) is 6.61 Å². The van der Waals surface area contributed by atoms with Gasteiger partial charge in [-0.05, 0) is 24.3 Å². The number of halogens is 4. The molecule has 1 unspecified atom stereocenters. The second-order valence-corrected chi connectivity index (χ2v) is 4.37. The van der Waals surface area contributed by atoms with Crippen molar-refractivity contribution < 1.29 is 27.4 Å². The summed E-state index contributed by atoms with van der Waals surface area (Å²) in [6.45, 7) is -0.689. The molecule has 92 valence electrons. The minimum absolute atomic E-state index is 0.0392. The number of esters is 1. The fourth-order valence-electron chi connectivity index (χ4n) is 1.16. The molecule has 1 saturated heterocycles. The zero-order chi connectivity index (χ0) is 12.7. The quantitative estimate of drug-likeness (QED) is 0.479. The smallest absolute Gasteiger partial charge is 0.424 e. The third-order valence-electron chi connectivity index (χ3n) is 2.24. The van der Waals surface area contributed by atoms with Gasteiger partial charge in [0.1, 0.15) is 5.75 Å². The summed E-state index contributed by atoms with van der Waals surface area (Å²) < 4.78 is 47.0. The number of carbonyl (C=O) groups excluding carboxylic acids is 1. The Kier molecular flexibility index (Phi) is 2.90. The van der Waals surface area contributed by atoms with E-state index in [-0.39, 0.29) is 5.75 Å². The molecule has 3 nitrogen and oxygen atoms in total. The molecule has 1 aliphatic heterocycles. The van der Waals surface area contributed by atoms with Crippen LogP contribution in [0.3, 0.4) is 0 Å². The fourth-order valence-corrected chi connectivity index (χ4v) is 1.43. The number of epoxide rings is 1. The van der Waals surface area contributed by atoms with Gasteiger partial charge in [-0.3, -0.25) is 0 Å². The van der Waals surface area contributed by atoms with Crippen molar-refractivity contribution in [2.24, 2.45) is 0 Å². The Balaban J connectivity index is 2.10. The molecular formula is C10H6BrF3O3. The highest BCUT2D eigenvalue weighted by Crippen LogP contribution is 2.44. The molecule has 0 aliphatic carbocycles. The molecule has 0 aromatic heterocycles. The summed E-state index contributed by atoms with van der Waals surface area (Å²) >= 11 is 3.15. The summed E-state index contributed by atoms with van der Waals surface area (Å²) in [6.07, 6.45) is -4.75. The molecule has 0 spiro atoms.